The Morgan fingerprint density at radius 1 is 1.35 bits per heavy atom. The Morgan fingerprint density at radius 3 is 2.48 bits per heavy atom. The number of carbonyl (C=O) groups is 1. The Labute approximate surface area is 135 Å². The number of amides is 1. The van der Waals surface area contributed by atoms with E-state index >= 15 is 0 Å². The summed E-state index contributed by atoms with van der Waals surface area (Å²) < 4.78 is 1.56. The highest BCUT2D eigenvalue weighted by Crippen LogP contribution is 2.31. The molecule has 0 aromatic carbocycles. The number of hydrogen-bond donors (Lipinski definition) is 1. The van der Waals surface area contributed by atoms with Gasteiger partial charge in [0.2, 0.25) is 11.7 Å². The third-order valence-corrected chi connectivity index (χ3v) is 3.83. The summed E-state index contributed by atoms with van der Waals surface area (Å²) in [7, 11) is 1.72. The van der Waals surface area contributed by atoms with Crippen LogP contribution in [0.3, 0.4) is 0 Å². The molecule has 1 fully saturated rings. The summed E-state index contributed by atoms with van der Waals surface area (Å²) in [6, 6.07) is 0.129. The molecule has 1 aliphatic heterocycles. The lowest BCUT2D eigenvalue weighted by molar-refractivity contribution is -0.384. The number of anilines is 1. The van der Waals surface area contributed by atoms with Crippen LogP contribution in [-0.4, -0.2) is 64.3 Å². The number of rotatable bonds is 5. The van der Waals surface area contributed by atoms with Gasteiger partial charge in [-0.15, -0.1) is 0 Å². The van der Waals surface area contributed by atoms with Gasteiger partial charge in [-0.3, -0.25) is 19.8 Å². The molecule has 0 spiro atoms. The molecule has 1 aromatic rings. The third kappa shape index (κ3) is 3.98. The van der Waals surface area contributed by atoms with Crippen LogP contribution in [0, 0.1) is 17.0 Å². The standard InChI is InChI=1S/C14H24N6O3/c1-10(2)15-12(21)9-18-5-7-19(8-6-18)14-13(20(22)23)11(3)16-17(14)4/h10H,5-9H2,1-4H3,(H,15,21). The molecule has 0 radical (unpaired) electrons. The lowest BCUT2D eigenvalue weighted by atomic mass is 10.2. The van der Waals surface area contributed by atoms with E-state index in [2.05, 4.69) is 15.3 Å². The molecule has 1 saturated heterocycles. The van der Waals surface area contributed by atoms with Crippen LogP contribution >= 0.6 is 0 Å². The molecule has 0 saturated carbocycles. The molecular formula is C14H24N6O3. The van der Waals surface area contributed by atoms with Gasteiger partial charge in [0.1, 0.15) is 5.69 Å². The van der Waals surface area contributed by atoms with E-state index in [0.717, 1.165) is 0 Å². The first-order valence-electron chi connectivity index (χ1n) is 7.74. The van der Waals surface area contributed by atoms with E-state index in [9.17, 15) is 14.9 Å². The zero-order valence-corrected chi connectivity index (χ0v) is 14.1. The first-order valence-corrected chi connectivity index (χ1v) is 7.74. The van der Waals surface area contributed by atoms with Crippen LogP contribution in [0.1, 0.15) is 19.5 Å². The third-order valence-electron chi connectivity index (χ3n) is 3.83. The summed E-state index contributed by atoms with van der Waals surface area (Å²) in [5, 5.41) is 18.3. The zero-order chi connectivity index (χ0) is 17.1. The number of piperazine rings is 1. The first-order chi connectivity index (χ1) is 10.8. The second-order valence-corrected chi connectivity index (χ2v) is 6.12. The van der Waals surface area contributed by atoms with Crippen LogP contribution in [0.2, 0.25) is 0 Å². The number of nitro groups is 1. The van der Waals surface area contributed by atoms with Crippen LogP contribution in [0.25, 0.3) is 0 Å². The molecule has 9 heteroatoms. The van der Waals surface area contributed by atoms with Crippen molar-refractivity contribution in [3.05, 3.63) is 15.8 Å². The quantitative estimate of drug-likeness (QED) is 0.617. The molecule has 0 bridgehead atoms. The van der Waals surface area contributed by atoms with E-state index in [1.165, 1.54) is 0 Å². The monoisotopic (exact) mass is 324 g/mol. The minimum Gasteiger partial charge on any atom is -0.353 e. The van der Waals surface area contributed by atoms with Crippen molar-refractivity contribution in [2.45, 2.75) is 26.8 Å². The Bertz CT molecular complexity index is 590. The summed E-state index contributed by atoms with van der Waals surface area (Å²) in [4.78, 5) is 26.7. The Hall–Kier alpha value is -2.16. The topological polar surface area (TPSA) is 96.5 Å². The second-order valence-electron chi connectivity index (χ2n) is 6.12. The molecule has 2 heterocycles. The maximum absolute atomic E-state index is 11.8. The SMILES string of the molecule is Cc1nn(C)c(N2CCN(CC(=O)NC(C)C)CC2)c1[N+](=O)[O-]. The molecule has 1 aromatic heterocycles. The molecule has 9 nitrogen and oxygen atoms in total. The van der Waals surface area contributed by atoms with Crippen LogP contribution in [-0.2, 0) is 11.8 Å². The molecule has 128 valence electrons. The Morgan fingerprint density at radius 2 is 1.96 bits per heavy atom. The van der Waals surface area contributed by atoms with Crippen molar-refractivity contribution < 1.29 is 9.72 Å². The lowest BCUT2D eigenvalue weighted by Gasteiger charge is -2.35. The molecule has 0 unspecified atom stereocenters. The molecular weight excluding hydrogens is 300 g/mol. The molecule has 1 aliphatic rings. The highest BCUT2D eigenvalue weighted by atomic mass is 16.6. The van der Waals surface area contributed by atoms with Gasteiger partial charge in [0, 0.05) is 39.3 Å². The van der Waals surface area contributed by atoms with Crippen LogP contribution in [0.5, 0.6) is 0 Å². The summed E-state index contributed by atoms with van der Waals surface area (Å²) in [5.74, 6) is 0.551. The molecule has 1 amide bonds. The minimum atomic E-state index is -0.375. The fourth-order valence-electron chi connectivity index (χ4n) is 2.89. The van der Waals surface area contributed by atoms with Gasteiger partial charge in [-0.25, -0.2) is 4.68 Å². The number of carbonyl (C=O) groups excluding carboxylic acids is 1. The molecule has 0 atom stereocenters. The van der Waals surface area contributed by atoms with Crippen molar-refractivity contribution in [2.24, 2.45) is 7.05 Å². The number of aryl methyl sites for hydroxylation is 2. The Kier molecular flexibility index (Phi) is 5.19. The number of hydrogen-bond acceptors (Lipinski definition) is 6. The molecule has 1 N–H and O–H groups in total. The van der Waals surface area contributed by atoms with Gasteiger partial charge in [-0.2, -0.15) is 5.10 Å². The maximum atomic E-state index is 11.8. The van der Waals surface area contributed by atoms with Gasteiger partial charge in [0.15, 0.2) is 0 Å². The first kappa shape index (κ1) is 17.2. The van der Waals surface area contributed by atoms with Crippen molar-refractivity contribution in [3.8, 4) is 0 Å². The smallest absolute Gasteiger partial charge is 0.333 e. The highest BCUT2D eigenvalue weighted by molar-refractivity contribution is 5.78. The van der Waals surface area contributed by atoms with E-state index in [1.807, 2.05) is 18.7 Å². The molecule has 23 heavy (non-hydrogen) atoms. The van der Waals surface area contributed by atoms with Gasteiger partial charge in [-0.1, -0.05) is 0 Å². The highest BCUT2D eigenvalue weighted by Gasteiger charge is 2.30. The summed E-state index contributed by atoms with van der Waals surface area (Å²) >= 11 is 0. The van der Waals surface area contributed by atoms with Gasteiger partial charge in [-0.05, 0) is 20.8 Å². The van der Waals surface area contributed by atoms with Crippen LogP contribution < -0.4 is 10.2 Å². The lowest BCUT2D eigenvalue weighted by Crippen LogP contribution is -2.50. The normalized spacial score (nSPS) is 16.0. The van der Waals surface area contributed by atoms with E-state index in [4.69, 9.17) is 0 Å². The molecule has 0 aliphatic carbocycles. The number of nitrogens with one attached hydrogen (secondary N) is 1. The molecule has 2 rings (SSSR count). The van der Waals surface area contributed by atoms with E-state index in [0.29, 0.717) is 44.2 Å². The van der Waals surface area contributed by atoms with Gasteiger partial charge < -0.3 is 10.2 Å². The largest absolute Gasteiger partial charge is 0.353 e. The van der Waals surface area contributed by atoms with Crippen LogP contribution in [0.4, 0.5) is 11.5 Å². The second kappa shape index (κ2) is 6.95. The van der Waals surface area contributed by atoms with Crippen molar-refractivity contribution in [2.75, 3.05) is 37.6 Å². The van der Waals surface area contributed by atoms with Gasteiger partial charge in [0.05, 0.1) is 11.5 Å². The average Bonchev–Trinajstić information content (AvgIpc) is 2.73. The zero-order valence-electron chi connectivity index (χ0n) is 14.1. The van der Waals surface area contributed by atoms with Crippen molar-refractivity contribution in [1.82, 2.24) is 20.0 Å². The van der Waals surface area contributed by atoms with E-state index in [-0.39, 0.29) is 22.6 Å². The van der Waals surface area contributed by atoms with Gasteiger partial charge >= 0.3 is 5.69 Å². The van der Waals surface area contributed by atoms with E-state index in [1.54, 1.807) is 18.7 Å². The summed E-state index contributed by atoms with van der Waals surface area (Å²) in [6.45, 7) is 8.51. The Balaban J connectivity index is 2.00. The van der Waals surface area contributed by atoms with Gasteiger partial charge in [0.25, 0.3) is 0 Å². The fraction of sp³-hybridized carbons (Fsp3) is 0.714. The average molecular weight is 324 g/mol. The number of aromatic nitrogens is 2. The van der Waals surface area contributed by atoms with E-state index < -0.39 is 0 Å². The van der Waals surface area contributed by atoms with Crippen molar-refractivity contribution in [3.63, 3.8) is 0 Å². The number of nitrogens with zero attached hydrogens (tertiary/aromatic N) is 5. The predicted molar refractivity (Wildman–Crippen MR) is 86.5 cm³/mol. The van der Waals surface area contributed by atoms with Crippen LogP contribution in [0.15, 0.2) is 0 Å². The minimum absolute atomic E-state index is 0.0100. The fourth-order valence-corrected chi connectivity index (χ4v) is 2.89. The van der Waals surface area contributed by atoms with Crippen molar-refractivity contribution in [1.29, 1.82) is 0 Å². The predicted octanol–water partition coefficient (Wildman–Crippen LogP) is 0.283. The van der Waals surface area contributed by atoms with Crippen molar-refractivity contribution >= 4 is 17.4 Å². The maximum Gasteiger partial charge on any atom is 0.333 e. The summed E-state index contributed by atoms with van der Waals surface area (Å²) in [5.41, 5.74) is 0.491. The summed E-state index contributed by atoms with van der Waals surface area (Å²) in [6.07, 6.45) is 0.